The quantitative estimate of drug-likeness (QED) is 0.401. The highest BCUT2D eigenvalue weighted by Gasteiger charge is 2.66. The Hall–Kier alpha value is -3.66. The van der Waals surface area contributed by atoms with Crippen LogP contribution in [-0.2, 0) is 32.9 Å². The van der Waals surface area contributed by atoms with Gasteiger partial charge in [0.2, 0.25) is 5.91 Å². The van der Waals surface area contributed by atoms with Gasteiger partial charge in [-0.3, -0.25) is 9.59 Å². The van der Waals surface area contributed by atoms with E-state index in [1.807, 2.05) is 48.5 Å². The molecule has 1 fully saturated rings. The summed E-state index contributed by atoms with van der Waals surface area (Å²) in [6.45, 7) is 7.05. The van der Waals surface area contributed by atoms with Gasteiger partial charge in [-0.05, 0) is 53.4 Å². The van der Waals surface area contributed by atoms with Crippen molar-refractivity contribution >= 4 is 30.8 Å². The van der Waals surface area contributed by atoms with E-state index in [-0.39, 0.29) is 42.3 Å². The molecule has 0 unspecified atom stereocenters. The Kier molecular flexibility index (Phi) is 7.84. The van der Waals surface area contributed by atoms with E-state index in [0.717, 1.165) is 28.1 Å². The van der Waals surface area contributed by atoms with Gasteiger partial charge in [0.15, 0.2) is 5.60 Å². The number of methoxy groups -OCH3 is 2. The Morgan fingerprint density at radius 2 is 1.68 bits per heavy atom. The van der Waals surface area contributed by atoms with Crippen molar-refractivity contribution in [1.29, 1.82) is 0 Å². The van der Waals surface area contributed by atoms with Crippen molar-refractivity contribution in [1.82, 2.24) is 4.90 Å². The Morgan fingerprint density at radius 1 is 1.02 bits per heavy atom. The van der Waals surface area contributed by atoms with Crippen LogP contribution in [0.25, 0.3) is 0 Å². The van der Waals surface area contributed by atoms with Crippen LogP contribution >= 0.6 is 0 Å². The SMILES string of the molecule is COc1ccc([Si](C)(C)[C@@H]2[C@@H](CC(=O)N3Cc4ccccc4C[C@H]3CO)O[C@]3(C(=O)N(C)c4ccc(OC)cc43)[C@H]2C)cc1. The second-order valence-electron chi connectivity index (χ2n) is 12.9. The van der Waals surface area contributed by atoms with Gasteiger partial charge >= 0.3 is 0 Å². The summed E-state index contributed by atoms with van der Waals surface area (Å²) in [5.41, 5.74) is 2.54. The van der Waals surface area contributed by atoms with E-state index in [1.54, 1.807) is 31.1 Å². The van der Waals surface area contributed by atoms with Gasteiger partial charge in [0.25, 0.3) is 5.91 Å². The Balaban J connectivity index is 1.42. The molecule has 1 N–H and O–H groups in total. The largest absolute Gasteiger partial charge is 0.497 e. The fraction of sp³-hybridized carbons (Fsp3) is 0.429. The van der Waals surface area contributed by atoms with Crippen molar-refractivity contribution in [2.75, 3.05) is 32.8 Å². The number of benzene rings is 3. The number of aliphatic hydroxyl groups is 1. The first-order chi connectivity index (χ1) is 21.1. The number of amides is 2. The molecule has 232 valence electrons. The summed E-state index contributed by atoms with van der Waals surface area (Å²) in [6, 6.07) is 21.7. The van der Waals surface area contributed by atoms with E-state index in [9.17, 15) is 14.7 Å². The molecule has 3 aliphatic heterocycles. The second-order valence-corrected chi connectivity index (χ2v) is 17.6. The zero-order chi connectivity index (χ0) is 31.4. The van der Waals surface area contributed by atoms with Crippen LogP contribution in [0.1, 0.15) is 30.0 Å². The van der Waals surface area contributed by atoms with Crippen LogP contribution in [0.2, 0.25) is 18.6 Å². The second kappa shape index (κ2) is 11.4. The van der Waals surface area contributed by atoms with Gasteiger partial charge in [-0.25, -0.2) is 0 Å². The molecule has 2 amide bonds. The molecule has 1 saturated heterocycles. The van der Waals surface area contributed by atoms with E-state index in [1.165, 1.54) is 5.19 Å². The number of fused-ring (bicyclic) bond motifs is 3. The van der Waals surface area contributed by atoms with Crippen LogP contribution in [0, 0.1) is 5.92 Å². The first kappa shape index (κ1) is 30.4. The monoisotopic (exact) mass is 614 g/mol. The van der Waals surface area contributed by atoms with Crippen LogP contribution in [-0.4, -0.2) is 69.9 Å². The van der Waals surface area contributed by atoms with Gasteiger partial charge in [0.1, 0.15) is 11.5 Å². The van der Waals surface area contributed by atoms with Gasteiger partial charge in [0, 0.05) is 25.1 Å². The van der Waals surface area contributed by atoms with Crippen LogP contribution < -0.4 is 19.6 Å². The lowest BCUT2D eigenvalue weighted by atomic mass is 9.82. The summed E-state index contributed by atoms with van der Waals surface area (Å²) in [4.78, 5) is 32.0. The maximum atomic E-state index is 14.3. The van der Waals surface area contributed by atoms with Gasteiger partial charge in [-0.1, -0.05) is 61.6 Å². The molecular formula is C35H42N2O6Si. The van der Waals surface area contributed by atoms with Gasteiger partial charge < -0.3 is 29.1 Å². The van der Waals surface area contributed by atoms with Crippen LogP contribution in [0.3, 0.4) is 0 Å². The van der Waals surface area contributed by atoms with Crippen LogP contribution in [0.15, 0.2) is 66.7 Å². The molecule has 1 spiro atoms. The molecule has 9 heteroatoms. The summed E-state index contributed by atoms with van der Waals surface area (Å²) >= 11 is 0. The molecule has 6 rings (SSSR count). The number of hydrogen-bond acceptors (Lipinski definition) is 6. The third-order valence-electron chi connectivity index (χ3n) is 10.4. The topological polar surface area (TPSA) is 88.5 Å². The number of nitrogens with zero attached hydrogens (tertiary/aromatic N) is 2. The minimum absolute atomic E-state index is 0.0676. The maximum absolute atomic E-state index is 14.3. The predicted octanol–water partition coefficient (Wildman–Crippen LogP) is 4.23. The van der Waals surface area contributed by atoms with Crippen molar-refractivity contribution in [3.8, 4) is 11.5 Å². The van der Waals surface area contributed by atoms with Crippen LogP contribution in [0.4, 0.5) is 5.69 Å². The molecule has 44 heavy (non-hydrogen) atoms. The number of hydrogen-bond donors (Lipinski definition) is 1. The summed E-state index contributed by atoms with van der Waals surface area (Å²) in [5.74, 6) is 1.03. The molecule has 8 nitrogen and oxygen atoms in total. The summed E-state index contributed by atoms with van der Waals surface area (Å²) in [7, 11) is 2.66. The van der Waals surface area contributed by atoms with Crippen molar-refractivity contribution in [3.05, 3.63) is 83.4 Å². The zero-order valence-corrected chi connectivity index (χ0v) is 27.4. The molecule has 0 bridgehead atoms. The Morgan fingerprint density at radius 3 is 2.34 bits per heavy atom. The average Bonchev–Trinajstić information content (AvgIpc) is 3.45. The van der Waals surface area contributed by atoms with Gasteiger partial charge in [-0.15, -0.1) is 0 Å². The highest BCUT2D eigenvalue weighted by Crippen LogP contribution is 2.60. The number of anilines is 1. The molecule has 3 aromatic carbocycles. The third kappa shape index (κ3) is 4.64. The predicted molar refractivity (Wildman–Crippen MR) is 172 cm³/mol. The first-order valence-corrected chi connectivity index (χ1v) is 18.4. The number of aliphatic hydroxyl groups excluding tert-OH is 1. The number of carbonyl (C=O) groups is 2. The lowest BCUT2D eigenvalue weighted by Gasteiger charge is -2.39. The number of ether oxygens (including phenoxy) is 3. The van der Waals surface area contributed by atoms with E-state index >= 15 is 0 Å². The van der Waals surface area contributed by atoms with Crippen molar-refractivity contribution in [2.24, 2.45) is 5.92 Å². The summed E-state index contributed by atoms with van der Waals surface area (Å²) in [6.07, 6.45) is 0.224. The lowest BCUT2D eigenvalue weighted by Crippen LogP contribution is -2.52. The fourth-order valence-electron chi connectivity index (χ4n) is 8.06. The molecular weight excluding hydrogens is 572 g/mol. The molecule has 0 radical (unpaired) electrons. The lowest BCUT2D eigenvalue weighted by molar-refractivity contribution is -0.150. The molecule has 0 saturated carbocycles. The minimum atomic E-state index is -2.40. The highest BCUT2D eigenvalue weighted by atomic mass is 28.3. The van der Waals surface area contributed by atoms with E-state index < -0.39 is 19.8 Å². The molecule has 3 heterocycles. The molecule has 3 aromatic rings. The molecule has 0 aliphatic carbocycles. The van der Waals surface area contributed by atoms with Gasteiger partial charge in [0.05, 0.1) is 53.2 Å². The van der Waals surface area contributed by atoms with E-state index in [2.05, 4.69) is 38.2 Å². The highest BCUT2D eigenvalue weighted by molar-refractivity contribution is 6.91. The Labute approximate surface area is 260 Å². The number of carbonyl (C=O) groups excluding carboxylic acids is 2. The normalized spacial score (nSPS) is 26.1. The Bertz CT molecular complexity index is 1580. The van der Waals surface area contributed by atoms with Crippen molar-refractivity contribution in [3.63, 3.8) is 0 Å². The molecule has 0 aromatic heterocycles. The van der Waals surface area contributed by atoms with Gasteiger partial charge in [-0.2, -0.15) is 0 Å². The molecule has 5 atom stereocenters. The fourth-order valence-corrected chi connectivity index (χ4v) is 12.1. The average molecular weight is 615 g/mol. The smallest absolute Gasteiger partial charge is 0.264 e. The third-order valence-corrected chi connectivity index (χ3v) is 14.8. The van der Waals surface area contributed by atoms with Crippen molar-refractivity contribution in [2.45, 2.75) is 62.7 Å². The number of rotatable bonds is 7. The first-order valence-electron chi connectivity index (χ1n) is 15.3. The van der Waals surface area contributed by atoms with E-state index in [4.69, 9.17) is 14.2 Å². The van der Waals surface area contributed by atoms with Crippen LogP contribution in [0.5, 0.6) is 11.5 Å². The van der Waals surface area contributed by atoms with Crippen molar-refractivity contribution < 1.29 is 28.9 Å². The summed E-state index contributed by atoms with van der Waals surface area (Å²) in [5, 5.41) is 11.5. The molecule has 3 aliphatic rings. The zero-order valence-electron chi connectivity index (χ0n) is 26.4. The van der Waals surface area contributed by atoms with E-state index in [0.29, 0.717) is 18.7 Å². The maximum Gasteiger partial charge on any atom is 0.264 e. The minimum Gasteiger partial charge on any atom is -0.497 e. The standard InChI is InChI=1S/C35H42N2O6Si/c1-22-33(44(5,6)28-14-11-26(41-3)12-15-28)31(19-32(39)37-20-24-10-8-7-9-23(24)17-25(37)21-38)43-35(22)29-18-27(42-4)13-16-30(29)36(2)34(35)40/h7-16,18,22,25,31,33,38H,17,19-21H2,1-6H3/t22-,25-,31+,33-,35+/m0/s1. The number of likely N-dealkylation sites (N-methyl/N-ethyl adjacent to an activating group) is 1. The summed E-state index contributed by atoms with van der Waals surface area (Å²) < 4.78 is 18.1.